The van der Waals surface area contributed by atoms with Crippen LogP contribution in [0, 0.1) is 13.8 Å². The molecule has 0 saturated heterocycles. The second-order valence-electron chi connectivity index (χ2n) is 5.67. The highest BCUT2D eigenvalue weighted by Crippen LogP contribution is 2.21. The lowest BCUT2D eigenvalue weighted by molar-refractivity contribution is -0.116. The molecule has 1 N–H and O–H groups in total. The number of carbonyl (C=O) groups is 1. The Hall–Kier alpha value is -1.81. The number of rotatable bonds is 6. The van der Waals surface area contributed by atoms with E-state index in [0.29, 0.717) is 6.42 Å². The first-order chi connectivity index (χ1) is 11.0. The van der Waals surface area contributed by atoms with Crippen molar-refractivity contribution in [3.8, 4) is 5.75 Å². The Labute approximate surface area is 146 Å². The minimum atomic E-state index is 0.0527. The van der Waals surface area contributed by atoms with Crippen molar-refractivity contribution in [1.29, 1.82) is 0 Å². The van der Waals surface area contributed by atoms with Crippen LogP contribution in [-0.2, 0) is 11.2 Å². The molecule has 0 spiro atoms. The van der Waals surface area contributed by atoms with Gasteiger partial charge in [-0.25, -0.2) is 0 Å². The fraction of sp³-hybridized carbons (Fsp3) is 0.316. The van der Waals surface area contributed by atoms with Gasteiger partial charge in [0.15, 0.2) is 0 Å². The van der Waals surface area contributed by atoms with E-state index in [1.807, 2.05) is 38.1 Å². The molecule has 2 aromatic rings. The summed E-state index contributed by atoms with van der Waals surface area (Å²) in [5.74, 6) is 0.953. The number of nitrogens with one attached hydrogen (secondary N) is 1. The van der Waals surface area contributed by atoms with Crippen LogP contribution < -0.4 is 10.1 Å². The molecule has 0 aliphatic rings. The number of ether oxygens (including phenoxy) is 1. The minimum absolute atomic E-state index is 0.0527. The fourth-order valence-electron chi connectivity index (χ4n) is 2.50. The molecule has 3 nitrogen and oxygen atoms in total. The summed E-state index contributed by atoms with van der Waals surface area (Å²) in [7, 11) is 1.68. The highest BCUT2D eigenvalue weighted by atomic mass is 79.9. The van der Waals surface area contributed by atoms with Crippen molar-refractivity contribution in [1.82, 2.24) is 0 Å². The van der Waals surface area contributed by atoms with Crippen LogP contribution in [0.25, 0.3) is 0 Å². The standard InChI is InChI=1S/C19H22BrNO2/c1-13-12-16(8-9-17(13)20)21-19(22)6-4-5-15-7-10-18(23-3)14(2)11-15/h7-12H,4-6H2,1-3H3,(H,21,22). The predicted octanol–water partition coefficient (Wildman–Crippen LogP) is 5.04. The maximum absolute atomic E-state index is 12.0. The van der Waals surface area contributed by atoms with Crippen LogP contribution in [-0.4, -0.2) is 13.0 Å². The van der Waals surface area contributed by atoms with E-state index < -0.39 is 0 Å². The molecule has 0 aromatic heterocycles. The van der Waals surface area contributed by atoms with Gasteiger partial charge < -0.3 is 10.1 Å². The van der Waals surface area contributed by atoms with Crippen LogP contribution in [0.3, 0.4) is 0 Å². The van der Waals surface area contributed by atoms with Crippen LogP contribution >= 0.6 is 15.9 Å². The van der Waals surface area contributed by atoms with Gasteiger partial charge in [0.25, 0.3) is 0 Å². The lowest BCUT2D eigenvalue weighted by Gasteiger charge is -2.09. The Bertz CT molecular complexity index is 698. The third kappa shape index (κ3) is 5.10. The Kier molecular flexibility index (Phi) is 6.22. The van der Waals surface area contributed by atoms with Gasteiger partial charge in [-0.2, -0.15) is 0 Å². The first kappa shape index (κ1) is 17.5. The van der Waals surface area contributed by atoms with Gasteiger partial charge in [-0.15, -0.1) is 0 Å². The molecule has 0 saturated carbocycles. The van der Waals surface area contributed by atoms with Crippen molar-refractivity contribution in [3.63, 3.8) is 0 Å². The van der Waals surface area contributed by atoms with Crippen molar-refractivity contribution < 1.29 is 9.53 Å². The molecule has 122 valence electrons. The molecular formula is C19H22BrNO2. The zero-order chi connectivity index (χ0) is 16.8. The summed E-state index contributed by atoms with van der Waals surface area (Å²) in [5, 5.41) is 2.95. The summed E-state index contributed by atoms with van der Waals surface area (Å²) >= 11 is 3.46. The van der Waals surface area contributed by atoms with Crippen LogP contribution in [0.2, 0.25) is 0 Å². The lowest BCUT2D eigenvalue weighted by atomic mass is 10.0. The van der Waals surface area contributed by atoms with Gasteiger partial charge in [0.2, 0.25) is 5.91 Å². The van der Waals surface area contributed by atoms with Gasteiger partial charge in [-0.1, -0.05) is 28.1 Å². The number of methoxy groups -OCH3 is 1. The van der Waals surface area contributed by atoms with E-state index in [4.69, 9.17) is 4.74 Å². The second kappa shape index (κ2) is 8.16. The molecule has 23 heavy (non-hydrogen) atoms. The molecule has 1 amide bonds. The SMILES string of the molecule is COc1ccc(CCCC(=O)Nc2ccc(Br)c(C)c2)cc1C. The van der Waals surface area contributed by atoms with Crippen LogP contribution in [0.4, 0.5) is 5.69 Å². The molecular weight excluding hydrogens is 354 g/mol. The zero-order valence-electron chi connectivity index (χ0n) is 13.8. The zero-order valence-corrected chi connectivity index (χ0v) is 15.4. The Morgan fingerprint density at radius 3 is 2.57 bits per heavy atom. The first-order valence-electron chi connectivity index (χ1n) is 7.69. The summed E-state index contributed by atoms with van der Waals surface area (Å²) in [6.07, 6.45) is 2.23. The van der Waals surface area contributed by atoms with Gasteiger partial charge in [-0.3, -0.25) is 4.79 Å². The Morgan fingerprint density at radius 2 is 1.91 bits per heavy atom. The summed E-state index contributed by atoms with van der Waals surface area (Å²) in [6.45, 7) is 4.04. The Morgan fingerprint density at radius 1 is 1.13 bits per heavy atom. The van der Waals surface area contributed by atoms with Crippen LogP contribution in [0.5, 0.6) is 5.75 Å². The van der Waals surface area contributed by atoms with E-state index >= 15 is 0 Å². The molecule has 0 aliphatic heterocycles. The smallest absolute Gasteiger partial charge is 0.224 e. The number of hydrogen-bond acceptors (Lipinski definition) is 2. The van der Waals surface area contributed by atoms with Crippen molar-refractivity contribution in [2.24, 2.45) is 0 Å². The maximum atomic E-state index is 12.0. The second-order valence-corrected chi connectivity index (χ2v) is 6.52. The fourth-order valence-corrected chi connectivity index (χ4v) is 2.74. The average Bonchev–Trinajstić information content (AvgIpc) is 2.51. The average molecular weight is 376 g/mol. The first-order valence-corrected chi connectivity index (χ1v) is 8.48. The summed E-state index contributed by atoms with van der Waals surface area (Å²) < 4.78 is 6.31. The predicted molar refractivity (Wildman–Crippen MR) is 98.2 cm³/mol. The number of amides is 1. The maximum Gasteiger partial charge on any atom is 0.224 e. The highest BCUT2D eigenvalue weighted by Gasteiger charge is 2.05. The monoisotopic (exact) mass is 375 g/mol. The van der Waals surface area contributed by atoms with Gasteiger partial charge in [0.05, 0.1) is 7.11 Å². The third-order valence-corrected chi connectivity index (χ3v) is 4.66. The van der Waals surface area contributed by atoms with Crippen molar-refractivity contribution in [3.05, 3.63) is 57.6 Å². The van der Waals surface area contributed by atoms with Crippen molar-refractivity contribution in [2.75, 3.05) is 12.4 Å². The topological polar surface area (TPSA) is 38.3 Å². The van der Waals surface area contributed by atoms with E-state index in [1.54, 1.807) is 7.11 Å². The van der Waals surface area contributed by atoms with Gasteiger partial charge >= 0.3 is 0 Å². The van der Waals surface area contributed by atoms with Gasteiger partial charge in [-0.05, 0) is 67.6 Å². The van der Waals surface area contributed by atoms with E-state index in [9.17, 15) is 4.79 Å². The number of hydrogen-bond donors (Lipinski definition) is 1. The number of carbonyl (C=O) groups excluding carboxylic acids is 1. The molecule has 0 atom stereocenters. The molecule has 0 unspecified atom stereocenters. The number of anilines is 1. The van der Waals surface area contributed by atoms with Gasteiger partial charge in [0.1, 0.15) is 5.75 Å². The quantitative estimate of drug-likeness (QED) is 0.768. The molecule has 0 bridgehead atoms. The largest absolute Gasteiger partial charge is 0.496 e. The minimum Gasteiger partial charge on any atom is -0.496 e. The number of benzene rings is 2. The van der Waals surface area contributed by atoms with E-state index in [2.05, 4.69) is 33.4 Å². The van der Waals surface area contributed by atoms with E-state index in [0.717, 1.165) is 39.9 Å². The molecule has 4 heteroatoms. The van der Waals surface area contributed by atoms with Gasteiger partial charge in [0, 0.05) is 16.6 Å². The van der Waals surface area contributed by atoms with Crippen LogP contribution in [0.15, 0.2) is 40.9 Å². The number of halogens is 1. The van der Waals surface area contributed by atoms with E-state index in [1.165, 1.54) is 5.56 Å². The summed E-state index contributed by atoms with van der Waals surface area (Å²) in [4.78, 5) is 12.0. The molecule has 2 rings (SSSR count). The van der Waals surface area contributed by atoms with Crippen molar-refractivity contribution in [2.45, 2.75) is 33.1 Å². The van der Waals surface area contributed by atoms with Crippen molar-refractivity contribution >= 4 is 27.5 Å². The Balaban J connectivity index is 1.82. The normalized spacial score (nSPS) is 10.4. The molecule has 0 fully saturated rings. The molecule has 0 aliphatic carbocycles. The van der Waals surface area contributed by atoms with Crippen LogP contribution in [0.1, 0.15) is 29.5 Å². The number of aryl methyl sites for hydroxylation is 3. The summed E-state index contributed by atoms with van der Waals surface area (Å²) in [6, 6.07) is 12.0. The molecule has 0 heterocycles. The highest BCUT2D eigenvalue weighted by molar-refractivity contribution is 9.10. The lowest BCUT2D eigenvalue weighted by Crippen LogP contribution is -2.11. The van der Waals surface area contributed by atoms with E-state index in [-0.39, 0.29) is 5.91 Å². The molecule has 2 aromatic carbocycles. The third-order valence-electron chi connectivity index (χ3n) is 3.77. The summed E-state index contributed by atoms with van der Waals surface area (Å²) in [5.41, 5.74) is 4.31. The molecule has 0 radical (unpaired) electrons.